The molecule has 11 heteroatoms. The molecule has 6 fully saturated rings. The lowest BCUT2D eigenvalue weighted by Crippen LogP contribution is -2.67. The third-order valence-electron chi connectivity index (χ3n) is 19.0. The van der Waals surface area contributed by atoms with E-state index in [4.69, 9.17) is 42.3 Å². The van der Waals surface area contributed by atoms with Crippen LogP contribution in [0.1, 0.15) is 132 Å². The van der Waals surface area contributed by atoms with E-state index in [1.165, 1.54) is 16.2 Å². The fraction of sp³-hybridized carbons (Fsp3) is 0.661. The predicted octanol–water partition coefficient (Wildman–Crippen LogP) is 13.1. The summed E-state index contributed by atoms with van der Waals surface area (Å²) in [5.74, 6) is -0.176. The number of carbonyl (C=O) groups excluding carboxylic acids is 1. The molecule has 0 aromatic heterocycles. The number of ether oxygens (including phenoxy) is 8. The van der Waals surface area contributed by atoms with Crippen molar-refractivity contribution in [2.75, 3.05) is 6.61 Å². The van der Waals surface area contributed by atoms with Crippen molar-refractivity contribution in [2.24, 2.45) is 23.7 Å². The second kappa shape index (κ2) is 21.7. The standard InChI is InChI=1S/C62H86O10Si/c1-37(2)73(38(3)4,39(5)6)72-56-34-52-53(70-61(56,11)55(25-27-63)64-35-44-21-23-46-17-12-14-19-48(46)31-44)30-40(7)29-50-51(67-52)33-54-57(68-50)42(9)58(65-36-45-22-24-47-18-13-15-20-49(47)32-45)60-59(69-54)41(8)43(10)62(71-60)26-16-28-66-62/h12-15,17-24,27,31-32,37-43,50-60H,16,25-26,28-30,33-36H2,1-11H3/t40-,41+,42-,43+,50+,51-,52+,53-,54+,55-,56-,57-,58+,59-,60+,61+,62-/m1/s1. The van der Waals surface area contributed by atoms with Crippen LogP contribution in [0.3, 0.4) is 0 Å². The van der Waals surface area contributed by atoms with Crippen LogP contribution in [0.2, 0.25) is 16.6 Å². The Labute approximate surface area is 437 Å². The summed E-state index contributed by atoms with van der Waals surface area (Å²) in [5, 5.41) is 4.77. The molecule has 0 aliphatic carbocycles. The Morgan fingerprint density at radius 2 is 1.23 bits per heavy atom. The minimum atomic E-state index is -2.50. The zero-order valence-electron chi connectivity index (χ0n) is 45.7. The lowest BCUT2D eigenvalue weighted by Gasteiger charge is -2.56. The van der Waals surface area contributed by atoms with E-state index in [1.807, 2.05) is 0 Å². The van der Waals surface area contributed by atoms with Gasteiger partial charge in [0, 0.05) is 37.5 Å². The van der Waals surface area contributed by atoms with Crippen LogP contribution >= 0.6 is 0 Å². The van der Waals surface area contributed by atoms with Crippen molar-refractivity contribution in [2.45, 2.75) is 229 Å². The van der Waals surface area contributed by atoms with Crippen LogP contribution < -0.4 is 0 Å². The molecule has 0 saturated carbocycles. The van der Waals surface area contributed by atoms with Gasteiger partial charge in [-0.1, -0.05) is 142 Å². The average Bonchev–Trinajstić information content (AvgIpc) is 3.81. The van der Waals surface area contributed by atoms with Crippen LogP contribution in [0.25, 0.3) is 21.5 Å². The Balaban J connectivity index is 0.947. The lowest BCUT2D eigenvalue weighted by atomic mass is 9.76. The molecule has 0 N–H and O–H groups in total. The Morgan fingerprint density at radius 3 is 1.85 bits per heavy atom. The Morgan fingerprint density at radius 1 is 0.644 bits per heavy atom. The first kappa shape index (κ1) is 53.3. The minimum absolute atomic E-state index is 0.0454. The van der Waals surface area contributed by atoms with Crippen molar-refractivity contribution in [3.8, 4) is 0 Å². The first-order chi connectivity index (χ1) is 35.0. The molecule has 0 radical (unpaired) electrons. The van der Waals surface area contributed by atoms with Crippen molar-refractivity contribution in [3.05, 3.63) is 96.1 Å². The highest BCUT2D eigenvalue weighted by Crippen LogP contribution is 2.53. The second-order valence-corrected chi connectivity index (χ2v) is 29.9. The van der Waals surface area contributed by atoms with Gasteiger partial charge in [-0.05, 0) is 99.5 Å². The number of hydrogen-bond acceptors (Lipinski definition) is 10. The van der Waals surface area contributed by atoms with Crippen molar-refractivity contribution < 1.29 is 47.1 Å². The van der Waals surface area contributed by atoms with Crippen LogP contribution in [0.4, 0.5) is 0 Å². The van der Waals surface area contributed by atoms with Crippen molar-refractivity contribution in [1.82, 2.24) is 0 Å². The quantitative estimate of drug-likeness (QED) is 0.0897. The summed E-state index contributed by atoms with van der Waals surface area (Å²) >= 11 is 0. The fourth-order valence-corrected chi connectivity index (χ4v) is 20.6. The van der Waals surface area contributed by atoms with Gasteiger partial charge in [-0.2, -0.15) is 0 Å². The molecule has 10 rings (SSSR count). The molecule has 17 atom stereocenters. The van der Waals surface area contributed by atoms with Gasteiger partial charge in [0.05, 0.1) is 80.9 Å². The Kier molecular flexibility index (Phi) is 15.9. The summed E-state index contributed by atoms with van der Waals surface area (Å²) < 4.78 is 65.9. The van der Waals surface area contributed by atoms with Crippen LogP contribution in [-0.2, 0) is 60.3 Å². The first-order valence-corrected chi connectivity index (χ1v) is 30.4. The lowest BCUT2D eigenvalue weighted by molar-refractivity contribution is -0.342. The number of hydrogen-bond donors (Lipinski definition) is 0. The van der Waals surface area contributed by atoms with E-state index in [9.17, 15) is 4.79 Å². The van der Waals surface area contributed by atoms with Crippen molar-refractivity contribution in [3.63, 3.8) is 0 Å². The number of carbonyl (C=O) groups is 1. The normalized spacial score (nSPS) is 37.3. The van der Waals surface area contributed by atoms with Gasteiger partial charge in [0.2, 0.25) is 8.32 Å². The van der Waals surface area contributed by atoms with Gasteiger partial charge in [-0.15, -0.1) is 0 Å². The summed E-state index contributed by atoms with van der Waals surface area (Å²) in [5.41, 5.74) is 2.27. The van der Waals surface area contributed by atoms with Gasteiger partial charge >= 0.3 is 0 Å². The number of aldehydes is 1. The average molecular weight is 1020 g/mol. The molecule has 6 heterocycles. The first-order valence-electron chi connectivity index (χ1n) is 28.3. The minimum Gasteiger partial charge on any atom is -0.410 e. The second-order valence-electron chi connectivity index (χ2n) is 24.5. The van der Waals surface area contributed by atoms with Crippen LogP contribution in [0.15, 0.2) is 84.9 Å². The zero-order valence-corrected chi connectivity index (χ0v) is 46.7. The highest BCUT2D eigenvalue weighted by Gasteiger charge is 2.62. The van der Waals surface area contributed by atoms with Gasteiger partial charge in [0.15, 0.2) is 5.79 Å². The summed E-state index contributed by atoms with van der Waals surface area (Å²) in [4.78, 5) is 12.8. The van der Waals surface area contributed by atoms with Gasteiger partial charge in [0.25, 0.3) is 0 Å². The van der Waals surface area contributed by atoms with E-state index in [0.717, 1.165) is 48.5 Å². The van der Waals surface area contributed by atoms with Gasteiger partial charge in [-0.3, -0.25) is 0 Å². The zero-order chi connectivity index (χ0) is 51.4. The largest absolute Gasteiger partial charge is 0.410 e. The maximum absolute atomic E-state index is 12.8. The van der Waals surface area contributed by atoms with Gasteiger partial charge < -0.3 is 47.1 Å². The van der Waals surface area contributed by atoms with E-state index in [0.29, 0.717) is 49.3 Å². The summed E-state index contributed by atoms with van der Waals surface area (Å²) in [6.07, 6.45) is 2.77. The SMILES string of the molecule is CC(C)[Si](O[C@@H]1C[C@@H]2O[C@@H]3C[C@@H]4O[C@@H]5[C@@H](C)[C@H](C)[C@@]6(CCCO6)O[C@H]5[C@@H](OCc5ccc6ccccc6c5)[C@H](C)[C@H]4O[C@H]3C[C@@H](C)C[C@H]2O[C@@]1(C)[C@@H](CC=O)OCc1ccc2ccccc2c1)(C(C)C)C(C)C. The van der Waals surface area contributed by atoms with E-state index in [2.05, 4.69) is 161 Å². The van der Waals surface area contributed by atoms with E-state index in [-0.39, 0.29) is 91.1 Å². The number of fused-ring (bicyclic) bond motifs is 6. The third-order valence-corrected chi connectivity index (χ3v) is 25.1. The topological polar surface area (TPSA) is 100 Å². The molecule has 398 valence electrons. The molecule has 6 aliphatic heterocycles. The van der Waals surface area contributed by atoms with Gasteiger partial charge in [-0.25, -0.2) is 0 Å². The Bertz CT molecular complexity index is 2490. The molecule has 73 heavy (non-hydrogen) atoms. The van der Waals surface area contributed by atoms with E-state index in [1.54, 1.807) is 0 Å². The summed E-state index contributed by atoms with van der Waals surface area (Å²) in [6, 6.07) is 30.0. The monoisotopic (exact) mass is 1020 g/mol. The molecule has 1 spiro atoms. The van der Waals surface area contributed by atoms with Crippen LogP contribution in [0, 0.1) is 23.7 Å². The number of benzene rings is 4. The van der Waals surface area contributed by atoms with E-state index < -0.39 is 25.8 Å². The molecule has 6 saturated heterocycles. The maximum Gasteiger partial charge on any atom is 0.200 e. The molecule has 0 amide bonds. The smallest absolute Gasteiger partial charge is 0.200 e. The molecule has 4 aromatic rings. The van der Waals surface area contributed by atoms with Crippen LogP contribution in [-0.4, -0.2) is 99.7 Å². The molecule has 0 unspecified atom stereocenters. The molecule has 0 bridgehead atoms. The predicted molar refractivity (Wildman–Crippen MR) is 289 cm³/mol. The summed E-state index contributed by atoms with van der Waals surface area (Å²) in [7, 11) is -2.50. The fourth-order valence-electron chi connectivity index (χ4n) is 14.9. The third kappa shape index (κ3) is 10.2. The van der Waals surface area contributed by atoms with Crippen molar-refractivity contribution >= 4 is 36.1 Å². The summed E-state index contributed by atoms with van der Waals surface area (Å²) in [6.45, 7) is 26.9. The highest BCUT2D eigenvalue weighted by atomic mass is 28.4. The van der Waals surface area contributed by atoms with Crippen molar-refractivity contribution in [1.29, 1.82) is 0 Å². The number of rotatable bonds is 14. The molecule has 4 aromatic carbocycles. The highest BCUT2D eigenvalue weighted by molar-refractivity contribution is 6.77. The Hall–Kier alpha value is -3.07. The molecule has 10 nitrogen and oxygen atoms in total. The maximum atomic E-state index is 12.8. The van der Waals surface area contributed by atoms with Crippen LogP contribution in [0.5, 0.6) is 0 Å². The molecular weight excluding hydrogens is 933 g/mol. The molecule has 6 aliphatic rings. The molecular formula is C62H86O10Si. The van der Waals surface area contributed by atoms with E-state index >= 15 is 0 Å². The van der Waals surface area contributed by atoms with Gasteiger partial charge in [0.1, 0.15) is 18.0 Å².